The first kappa shape index (κ1) is 28.8. The van der Waals surface area contributed by atoms with Gasteiger partial charge in [-0.15, -0.1) is 0 Å². The summed E-state index contributed by atoms with van der Waals surface area (Å²) in [5, 5.41) is 5.12. The lowest BCUT2D eigenvalue weighted by Gasteiger charge is -2.34. The van der Waals surface area contributed by atoms with Gasteiger partial charge in [-0.25, -0.2) is 4.98 Å². The summed E-state index contributed by atoms with van der Waals surface area (Å²) >= 11 is 0. The zero-order chi connectivity index (χ0) is 30.6. The minimum Gasteiger partial charge on any atom is -0.460 e. The summed E-state index contributed by atoms with van der Waals surface area (Å²) in [5.74, 6) is 2.96. The molecule has 0 fully saturated rings. The van der Waals surface area contributed by atoms with Crippen molar-refractivity contribution in [1.29, 1.82) is 0 Å². The van der Waals surface area contributed by atoms with Crippen LogP contribution in [0, 0.1) is 0 Å². The maximum atomic E-state index is 6.31. The number of nitrogens with zero attached hydrogens (tertiary/aromatic N) is 2. The Morgan fingerprint density at radius 1 is 0.953 bits per heavy atom. The molecule has 4 nitrogen and oxygen atoms in total. The van der Waals surface area contributed by atoms with E-state index in [0.29, 0.717) is 17.8 Å². The van der Waals surface area contributed by atoms with E-state index in [2.05, 4.69) is 120 Å². The van der Waals surface area contributed by atoms with Crippen LogP contribution < -0.4 is 5.32 Å². The van der Waals surface area contributed by atoms with Crippen LogP contribution in [0.5, 0.6) is 0 Å². The molecular formula is C39H43N3O. The van der Waals surface area contributed by atoms with Crippen molar-refractivity contribution in [3.05, 3.63) is 119 Å². The van der Waals surface area contributed by atoms with Gasteiger partial charge in [0.15, 0.2) is 0 Å². The number of furan rings is 1. The molecule has 0 radical (unpaired) electrons. The van der Waals surface area contributed by atoms with Crippen molar-refractivity contribution in [2.45, 2.75) is 78.7 Å². The number of para-hydroxylation sites is 2. The van der Waals surface area contributed by atoms with Gasteiger partial charge in [0, 0.05) is 35.0 Å². The maximum Gasteiger partial charge on any atom is 0.141 e. The monoisotopic (exact) mass is 569 g/mol. The number of anilines is 1. The molecule has 1 N–H and O–H groups in total. The van der Waals surface area contributed by atoms with E-state index in [-0.39, 0.29) is 6.04 Å². The molecule has 220 valence electrons. The van der Waals surface area contributed by atoms with Gasteiger partial charge in [-0.1, -0.05) is 110 Å². The van der Waals surface area contributed by atoms with Crippen LogP contribution in [0.2, 0.25) is 0 Å². The first-order valence-electron chi connectivity index (χ1n) is 15.6. The average Bonchev–Trinajstić information content (AvgIpc) is 3.60. The number of rotatable bonds is 8. The number of nitrogens with one attached hydrogen (secondary N) is 1. The van der Waals surface area contributed by atoms with Crippen LogP contribution in [0.25, 0.3) is 34.0 Å². The summed E-state index contributed by atoms with van der Waals surface area (Å²) < 4.78 is 8.52. The van der Waals surface area contributed by atoms with Gasteiger partial charge in [0.2, 0.25) is 0 Å². The molecular weight excluding hydrogens is 526 g/mol. The fourth-order valence-electron chi connectivity index (χ4n) is 6.58. The Morgan fingerprint density at radius 2 is 1.70 bits per heavy atom. The van der Waals surface area contributed by atoms with Crippen molar-refractivity contribution >= 4 is 28.4 Å². The van der Waals surface area contributed by atoms with Crippen molar-refractivity contribution in [3.8, 4) is 11.3 Å². The summed E-state index contributed by atoms with van der Waals surface area (Å²) in [7, 11) is 0. The third-order valence-electron chi connectivity index (χ3n) is 8.91. The molecule has 1 aliphatic heterocycles. The predicted molar refractivity (Wildman–Crippen MR) is 182 cm³/mol. The lowest BCUT2D eigenvalue weighted by atomic mass is 9.82. The third kappa shape index (κ3) is 4.74. The van der Waals surface area contributed by atoms with Crippen LogP contribution in [0.4, 0.5) is 5.69 Å². The summed E-state index contributed by atoms with van der Waals surface area (Å²) in [5.41, 5.74) is 12.4. The molecule has 5 aromatic rings. The van der Waals surface area contributed by atoms with Gasteiger partial charge >= 0.3 is 0 Å². The molecule has 3 heterocycles. The minimum atomic E-state index is -0.185. The molecule has 6 rings (SSSR count). The van der Waals surface area contributed by atoms with Crippen LogP contribution in [0.15, 0.2) is 78.4 Å². The average molecular weight is 570 g/mol. The zero-order valence-corrected chi connectivity index (χ0v) is 26.6. The highest BCUT2D eigenvalue weighted by Gasteiger charge is 2.35. The van der Waals surface area contributed by atoms with Crippen molar-refractivity contribution < 1.29 is 4.42 Å². The van der Waals surface area contributed by atoms with Crippen LogP contribution in [0.1, 0.15) is 117 Å². The molecule has 1 atom stereocenters. The highest BCUT2D eigenvalue weighted by Crippen LogP contribution is 2.46. The molecule has 0 amide bonds. The molecule has 1 aliphatic rings. The Hall–Kier alpha value is -4.31. The van der Waals surface area contributed by atoms with Gasteiger partial charge in [0.05, 0.1) is 11.3 Å². The highest BCUT2D eigenvalue weighted by molar-refractivity contribution is 5.95. The number of fused-ring (bicyclic) bond motifs is 3. The van der Waals surface area contributed by atoms with E-state index in [1.165, 1.54) is 27.8 Å². The molecule has 2 aromatic heterocycles. The van der Waals surface area contributed by atoms with Gasteiger partial charge in [0.25, 0.3) is 0 Å². The Bertz CT molecular complexity index is 1860. The molecule has 1 unspecified atom stereocenters. The van der Waals surface area contributed by atoms with Gasteiger partial charge in [-0.2, -0.15) is 0 Å². The summed E-state index contributed by atoms with van der Waals surface area (Å²) in [4.78, 5) is 5.42. The standard InChI is InChI=1S/C39H43N3O/c1-10-26-15-14-17-28(23(5)6)37(26)41-38-35-30(24(7)8)19-27(22(3)4)20-31(35)25(9)42-21-32(40-39(38)42)36-29-16-12-13-18-34(29)43-33(36)11-2/h10,12-24,38,41H,1,9,11H2,2-8H3. The second kappa shape index (κ2) is 11.1. The first-order valence-corrected chi connectivity index (χ1v) is 15.6. The van der Waals surface area contributed by atoms with Crippen LogP contribution in [-0.4, -0.2) is 9.55 Å². The Kier molecular flexibility index (Phi) is 7.41. The van der Waals surface area contributed by atoms with Crippen molar-refractivity contribution in [2.24, 2.45) is 0 Å². The second-order valence-electron chi connectivity index (χ2n) is 12.7. The van der Waals surface area contributed by atoms with Crippen LogP contribution in [0.3, 0.4) is 0 Å². The molecule has 43 heavy (non-hydrogen) atoms. The van der Waals surface area contributed by atoms with Gasteiger partial charge in [-0.05, 0) is 57.7 Å². The second-order valence-corrected chi connectivity index (χ2v) is 12.7. The maximum absolute atomic E-state index is 6.31. The zero-order valence-electron chi connectivity index (χ0n) is 26.6. The number of hydrogen-bond donors (Lipinski definition) is 1. The Balaban J connectivity index is 1.64. The van der Waals surface area contributed by atoms with E-state index in [1.54, 1.807) is 0 Å². The van der Waals surface area contributed by atoms with Gasteiger partial charge in [-0.3, -0.25) is 0 Å². The first-order chi connectivity index (χ1) is 20.6. The quantitative estimate of drug-likeness (QED) is 0.202. The molecule has 3 aromatic carbocycles. The molecule has 0 spiro atoms. The number of imidazole rings is 1. The highest BCUT2D eigenvalue weighted by atomic mass is 16.3. The summed E-state index contributed by atoms with van der Waals surface area (Å²) in [6.07, 6.45) is 4.89. The summed E-state index contributed by atoms with van der Waals surface area (Å²) in [6.45, 7) is 24.6. The van der Waals surface area contributed by atoms with Crippen molar-refractivity contribution in [3.63, 3.8) is 0 Å². The predicted octanol–water partition coefficient (Wildman–Crippen LogP) is 10.9. The normalized spacial score (nSPS) is 14.6. The number of aryl methyl sites for hydroxylation is 1. The van der Waals surface area contributed by atoms with E-state index in [1.807, 2.05) is 18.2 Å². The number of hydrogen-bond acceptors (Lipinski definition) is 3. The van der Waals surface area contributed by atoms with E-state index in [0.717, 1.165) is 57.2 Å². The van der Waals surface area contributed by atoms with E-state index < -0.39 is 0 Å². The molecule has 4 heteroatoms. The molecule has 0 bridgehead atoms. The fourth-order valence-corrected chi connectivity index (χ4v) is 6.58. The lowest BCUT2D eigenvalue weighted by Crippen LogP contribution is -2.26. The Morgan fingerprint density at radius 3 is 2.37 bits per heavy atom. The SMILES string of the molecule is C=Cc1cccc(C(C)C)c1NC1c2c(cc(C(C)C)cc2C(C)C)C(=C)n2cc(-c3c(CC)oc4ccccc34)nc21. The minimum absolute atomic E-state index is 0.185. The molecule has 0 saturated carbocycles. The van der Waals surface area contributed by atoms with E-state index in [9.17, 15) is 0 Å². The number of aromatic nitrogens is 2. The lowest BCUT2D eigenvalue weighted by molar-refractivity contribution is 0.558. The molecule has 0 saturated heterocycles. The van der Waals surface area contributed by atoms with Gasteiger partial charge in [0.1, 0.15) is 23.2 Å². The van der Waals surface area contributed by atoms with Gasteiger partial charge < -0.3 is 14.3 Å². The third-order valence-corrected chi connectivity index (χ3v) is 8.91. The van der Waals surface area contributed by atoms with Crippen LogP contribution >= 0.6 is 0 Å². The smallest absolute Gasteiger partial charge is 0.141 e. The summed E-state index contributed by atoms with van der Waals surface area (Å²) in [6, 6.07) is 19.3. The van der Waals surface area contributed by atoms with Crippen LogP contribution in [-0.2, 0) is 6.42 Å². The molecule has 0 aliphatic carbocycles. The number of benzene rings is 3. The largest absolute Gasteiger partial charge is 0.460 e. The Labute approximate surface area is 256 Å². The van der Waals surface area contributed by atoms with E-state index in [4.69, 9.17) is 9.40 Å². The van der Waals surface area contributed by atoms with E-state index >= 15 is 0 Å². The van der Waals surface area contributed by atoms with Crippen molar-refractivity contribution in [1.82, 2.24) is 9.55 Å². The van der Waals surface area contributed by atoms with Crippen molar-refractivity contribution in [2.75, 3.05) is 5.32 Å². The fraction of sp³-hybridized carbons (Fsp3) is 0.308. The topological polar surface area (TPSA) is 43.0 Å².